The van der Waals surface area contributed by atoms with Crippen LogP contribution in [0.5, 0.6) is 0 Å². The molecular formula is C18H19FN2O2S. The van der Waals surface area contributed by atoms with Crippen molar-refractivity contribution in [1.82, 2.24) is 5.32 Å². The predicted octanol–water partition coefficient (Wildman–Crippen LogP) is 3.50. The number of carbonyl (C=O) groups is 2. The van der Waals surface area contributed by atoms with Crippen LogP contribution in [0, 0.1) is 12.7 Å². The van der Waals surface area contributed by atoms with Crippen LogP contribution in [0.15, 0.2) is 47.4 Å². The fourth-order valence-electron chi connectivity index (χ4n) is 2.06. The molecule has 24 heavy (non-hydrogen) atoms. The zero-order chi connectivity index (χ0) is 17.5. The molecule has 0 unspecified atom stereocenters. The lowest BCUT2D eigenvalue weighted by Gasteiger charge is -2.07. The monoisotopic (exact) mass is 346 g/mol. The van der Waals surface area contributed by atoms with Crippen LogP contribution < -0.4 is 10.6 Å². The summed E-state index contributed by atoms with van der Waals surface area (Å²) in [5.74, 6) is -0.165. The molecule has 0 heterocycles. The number of halogens is 1. The SMILES string of the molecule is CC(=O)Nc1ccc(SCC(=O)NCc2ccc(F)c(C)c2)cc1. The van der Waals surface area contributed by atoms with Crippen LogP contribution in [0.4, 0.5) is 10.1 Å². The summed E-state index contributed by atoms with van der Waals surface area (Å²) in [7, 11) is 0. The van der Waals surface area contributed by atoms with E-state index in [4.69, 9.17) is 0 Å². The first-order valence-corrected chi connectivity index (χ1v) is 8.45. The van der Waals surface area contributed by atoms with Gasteiger partial charge in [0.1, 0.15) is 5.82 Å². The Morgan fingerprint density at radius 3 is 2.46 bits per heavy atom. The second-order valence-corrected chi connectivity index (χ2v) is 6.40. The van der Waals surface area contributed by atoms with Crippen molar-refractivity contribution in [1.29, 1.82) is 0 Å². The maximum atomic E-state index is 13.2. The van der Waals surface area contributed by atoms with E-state index in [1.54, 1.807) is 31.2 Å². The van der Waals surface area contributed by atoms with Gasteiger partial charge in [-0.15, -0.1) is 11.8 Å². The van der Waals surface area contributed by atoms with E-state index < -0.39 is 0 Å². The molecule has 0 spiro atoms. The predicted molar refractivity (Wildman–Crippen MR) is 94.5 cm³/mol. The average molecular weight is 346 g/mol. The summed E-state index contributed by atoms with van der Waals surface area (Å²) >= 11 is 1.41. The molecule has 6 heteroatoms. The minimum absolute atomic E-state index is 0.0899. The van der Waals surface area contributed by atoms with E-state index in [2.05, 4.69) is 10.6 Å². The number of rotatable bonds is 6. The summed E-state index contributed by atoms with van der Waals surface area (Å²) in [6.45, 7) is 3.53. The molecule has 0 atom stereocenters. The molecule has 2 rings (SSSR count). The van der Waals surface area contributed by atoms with E-state index in [9.17, 15) is 14.0 Å². The summed E-state index contributed by atoms with van der Waals surface area (Å²) in [6, 6.07) is 12.1. The Labute approximate surface area is 144 Å². The van der Waals surface area contributed by atoms with Gasteiger partial charge in [0.05, 0.1) is 5.75 Å². The second-order valence-electron chi connectivity index (χ2n) is 5.35. The highest BCUT2D eigenvalue weighted by atomic mass is 32.2. The molecule has 2 N–H and O–H groups in total. The molecule has 0 aliphatic carbocycles. The zero-order valence-electron chi connectivity index (χ0n) is 13.6. The lowest BCUT2D eigenvalue weighted by molar-refractivity contribution is -0.118. The van der Waals surface area contributed by atoms with Crippen molar-refractivity contribution in [2.24, 2.45) is 0 Å². The van der Waals surface area contributed by atoms with Crippen molar-refractivity contribution in [3.63, 3.8) is 0 Å². The quantitative estimate of drug-likeness (QED) is 0.787. The van der Waals surface area contributed by atoms with Gasteiger partial charge in [-0.1, -0.05) is 12.1 Å². The van der Waals surface area contributed by atoms with Gasteiger partial charge in [-0.3, -0.25) is 9.59 Å². The van der Waals surface area contributed by atoms with Crippen molar-refractivity contribution in [2.45, 2.75) is 25.3 Å². The minimum Gasteiger partial charge on any atom is -0.351 e. The van der Waals surface area contributed by atoms with Gasteiger partial charge in [-0.25, -0.2) is 4.39 Å². The van der Waals surface area contributed by atoms with Gasteiger partial charge in [0.15, 0.2) is 0 Å². The first-order valence-electron chi connectivity index (χ1n) is 7.46. The van der Waals surface area contributed by atoms with E-state index in [1.807, 2.05) is 12.1 Å². The summed E-state index contributed by atoms with van der Waals surface area (Å²) in [4.78, 5) is 23.8. The lowest BCUT2D eigenvalue weighted by atomic mass is 10.1. The number of hydrogen-bond donors (Lipinski definition) is 2. The molecule has 0 saturated carbocycles. The van der Waals surface area contributed by atoms with Gasteiger partial charge in [0.25, 0.3) is 0 Å². The van der Waals surface area contributed by atoms with Crippen molar-refractivity contribution in [3.8, 4) is 0 Å². The molecule has 0 fully saturated rings. The van der Waals surface area contributed by atoms with E-state index in [0.29, 0.717) is 17.9 Å². The van der Waals surface area contributed by atoms with Crippen molar-refractivity contribution in [2.75, 3.05) is 11.1 Å². The summed E-state index contributed by atoms with van der Waals surface area (Å²) in [6.07, 6.45) is 0. The Morgan fingerprint density at radius 2 is 1.83 bits per heavy atom. The normalized spacial score (nSPS) is 10.3. The van der Waals surface area contributed by atoms with Crippen LogP contribution >= 0.6 is 11.8 Å². The fourth-order valence-corrected chi connectivity index (χ4v) is 2.78. The third-order valence-electron chi connectivity index (χ3n) is 3.26. The molecule has 2 aromatic rings. The number of hydrogen-bond acceptors (Lipinski definition) is 3. The molecule has 0 aliphatic heterocycles. The number of anilines is 1. The van der Waals surface area contributed by atoms with Gasteiger partial charge in [-0.05, 0) is 48.4 Å². The summed E-state index contributed by atoms with van der Waals surface area (Å²) < 4.78 is 13.2. The molecule has 0 bridgehead atoms. The van der Waals surface area contributed by atoms with E-state index in [-0.39, 0.29) is 17.6 Å². The zero-order valence-corrected chi connectivity index (χ0v) is 14.4. The van der Waals surface area contributed by atoms with Crippen LogP contribution in [-0.4, -0.2) is 17.6 Å². The maximum absolute atomic E-state index is 13.2. The number of benzene rings is 2. The molecule has 0 aliphatic rings. The summed E-state index contributed by atoms with van der Waals surface area (Å²) in [5.41, 5.74) is 2.16. The maximum Gasteiger partial charge on any atom is 0.230 e. The molecule has 2 amide bonds. The standard InChI is InChI=1S/C18H19FN2O2S/c1-12-9-14(3-8-17(12)19)10-20-18(23)11-24-16-6-4-15(5-7-16)21-13(2)22/h3-9H,10-11H2,1-2H3,(H,20,23)(H,21,22). The smallest absolute Gasteiger partial charge is 0.230 e. The van der Waals surface area contributed by atoms with Gasteiger partial charge in [0, 0.05) is 24.1 Å². The number of carbonyl (C=O) groups excluding carboxylic acids is 2. The van der Waals surface area contributed by atoms with E-state index in [0.717, 1.165) is 16.1 Å². The fraction of sp³-hybridized carbons (Fsp3) is 0.222. The Hall–Kier alpha value is -2.34. The third-order valence-corrected chi connectivity index (χ3v) is 4.27. The number of thioether (sulfide) groups is 1. The third kappa shape index (κ3) is 5.70. The topological polar surface area (TPSA) is 58.2 Å². The van der Waals surface area contributed by atoms with Crippen molar-refractivity contribution < 1.29 is 14.0 Å². The Morgan fingerprint density at radius 1 is 1.12 bits per heavy atom. The van der Waals surface area contributed by atoms with Crippen LogP contribution in [0.1, 0.15) is 18.1 Å². The number of aryl methyl sites for hydroxylation is 1. The average Bonchev–Trinajstić information content (AvgIpc) is 2.55. The second kappa shape index (κ2) is 8.49. The highest BCUT2D eigenvalue weighted by Gasteiger charge is 2.05. The highest BCUT2D eigenvalue weighted by molar-refractivity contribution is 8.00. The molecule has 4 nitrogen and oxygen atoms in total. The number of nitrogens with one attached hydrogen (secondary N) is 2. The van der Waals surface area contributed by atoms with Gasteiger partial charge in [-0.2, -0.15) is 0 Å². The summed E-state index contributed by atoms with van der Waals surface area (Å²) in [5, 5.41) is 5.50. The Kier molecular flexibility index (Phi) is 6.37. The lowest BCUT2D eigenvalue weighted by Crippen LogP contribution is -2.24. The molecule has 2 aromatic carbocycles. The molecule has 0 aromatic heterocycles. The first kappa shape index (κ1) is 18.0. The van der Waals surface area contributed by atoms with Gasteiger partial charge in [0.2, 0.25) is 11.8 Å². The van der Waals surface area contributed by atoms with Crippen LogP contribution in [-0.2, 0) is 16.1 Å². The van der Waals surface area contributed by atoms with Crippen LogP contribution in [0.25, 0.3) is 0 Å². The van der Waals surface area contributed by atoms with Crippen LogP contribution in [0.2, 0.25) is 0 Å². The van der Waals surface area contributed by atoms with Crippen LogP contribution in [0.3, 0.4) is 0 Å². The molecular weight excluding hydrogens is 327 g/mol. The molecule has 126 valence electrons. The first-order chi connectivity index (χ1) is 11.4. The minimum atomic E-state index is -0.247. The number of amides is 2. The van der Waals surface area contributed by atoms with Gasteiger partial charge < -0.3 is 10.6 Å². The van der Waals surface area contributed by atoms with Crippen molar-refractivity contribution >= 4 is 29.3 Å². The highest BCUT2D eigenvalue weighted by Crippen LogP contribution is 2.20. The van der Waals surface area contributed by atoms with Crippen molar-refractivity contribution in [3.05, 3.63) is 59.4 Å². The van der Waals surface area contributed by atoms with E-state index in [1.165, 1.54) is 24.8 Å². The van der Waals surface area contributed by atoms with E-state index >= 15 is 0 Å². The Bertz CT molecular complexity index is 732. The Balaban J connectivity index is 1.78. The van der Waals surface area contributed by atoms with Gasteiger partial charge >= 0.3 is 0 Å². The largest absolute Gasteiger partial charge is 0.351 e. The molecule has 0 radical (unpaired) electrons. The molecule has 0 saturated heterocycles.